The van der Waals surface area contributed by atoms with E-state index in [0.29, 0.717) is 15.6 Å². The van der Waals surface area contributed by atoms with Crippen molar-refractivity contribution in [2.75, 3.05) is 5.73 Å². The molecule has 0 aliphatic carbocycles. The number of nitrogen functional groups attached to an aromatic ring is 1. The first-order valence-electron chi connectivity index (χ1n) is 3.75. The molecule has 1 heterocycles. The number of hydrogen-bond donors (Lipinski definition) is 1. The van der Waals surface area contributed by atoms with Gasteiger partial charge in [-0.2, -0.15) is 0 Å². The first kappa shape index (κ1) is 10.3. The zero-order chi connectivity index (χ0) is 10.0. The molecular weight excluding hydrogens is 210 g/mol. The van der Waals surface area contributed by atoms with Gasteiger partial charge in [0.15, 0.2) is 0 Å². The lowest BCUT2D eigenvalue weighted by molar-refractivity contribution is 0.0385. The van der Waals surface area contributed by atoms with Gasteiger partial charge in [0, 0.05) is 5.38 Å². The second kappa shape index (κ2) is 3.98. The minimum Gasteiger partial charge on any atom is -0.459 e. The first-order chi connectivity index (χ1) is 6.02. The van der Waals surface area contributed by atoms with Crippen LogP contribution in [0.15, 0.2) is 5.38 Å². The summed E-state index contributed by atoms with van der Waals surface area (Å²) in [5, 5.41) is 2.02. The second-order valence-electron chi connectivity index (χ2n) is 2.78. The molecule has 0 aliphatic heterocycles. The highest BCUT2D eigenvalue weighted by molar-refractivity contribution is 7.13. The van der Waals surface area contributed by atoms with Gasteiger partial charge in [-0.05, 0) is 13.8 Å². The maximum Gasteiger partial charge on any atom is 0.350 e. The number of hydrogen-bond acceptors (Lipinski definition) is 4. The average Bonchev–Trinajstić information content (AvgIpc) is 2.31. The molecule has 0 amide bonds. The van der Waals surface area contributed by atoms with E-state index in [1.807, 2.05) is 0 Å². The molecule has 1 rings (SSSR count). The smallest absolute Gasteiger partial charge is 0.350 e. The lowest BCUT2D eigenvalue weighted by Gasteiger charge is -2.06. The van der Waals surface area contributed by atoms with Crippen molar-refractivity contribution in [1.29, 1.82) is 0 Å². The molecule has 5 heteroatoms. The molecule has 0 radical (unpaired) electrons. The number of halogens is 1. The third-order valence-electron chi connectivity index (χ3n) is 1.31. The van der Waals surface area contributed by atoms with Crippen LogP contribution in [0.2, 0.25) is 5.02 Å². The van der Waals surface area contributed by atoms with Gasteiger partial charge in [-0.25, -0.2) is 4.79 Å². The van der Waals surface area contributed by atoms with E-state index in [-0.39, 0.29) is 6.10 Å². The predicted octanol–water partition coefficient (Wildman–Crippen LogP) is 2.55. The van der Waals surface area contributed by atoms with Gasteiger partial charge in [0.1, 0.15) is 4.88 Å². The van der Waals surface area contributed by atoms with E-state index in [4.69, 9.17) is 22.1 Å². The van der Waals surface area contributed by atoms with Crippen LogP contribution in [-0.2, 0) is 4.74 Å². The average molecular weight is 220 g/mol. The van der Waals surface area contributed by atoms with Crippen molar-refractivity contribution >= 4 is 34.6 Å². The van der Waals surface area contributed by atoms with Crippen LogP contribution < -0.4 is 5.73 Å². The van der Waals surface area contributed by atoms with Crippen LogP contribution in [0.25, 0.3) is 0 Å². The quantitative estimate of drug-likeness (QED) is 0.778. The van der Waals surface area contributed by atoms with Gasteiger partial charge in [0.25, 0.3) is 0 Å². The fourth-order valence-electron chi connectivity index (χ4n) is 0.772. The summed E-state index contributed by atoms with van der Waals surface area (Å²) in [6.07, 6.45) is -0.146. The van der Waals surface area contributed by atoms with Crippen LogP contribution in [0.1, 0.15) is 23.5 Å². The third kappa shape index (κ3) is 2.35. The molecule has 3 nitrogen and oxygen atoms in total. The van der Waals surface area contributed by atoms with Crippen LogP contribution >= 0.6 is 22.9 Å². The molecular formula is C8H10ClNO2S. The molecule has 0 atom stereocenters. The predicted molar refractivity (Wildman–Crippen MR) is 54.3 cm³/mol. The Bertz CT molecular complexity index is 322. The maximum atomic E-state index is 11.3. The lowest BCUT2D eigenvalue weighted by atomic mass is 10.4. The van der Waals surface area contributed by atoms with Crippen molar-refractivity contribution in [1.82, 2.24) is 0 Å². The number of esters is 1. The minimum absolute atomic E-state index is 0.146. The van der Waals surface area contributed by atoms with Crippen molar-refractivity contribution < 1.29 is 9.53 Å². The summed E-state index contributed by atoms with van der Waals surface area (Å²) >= 11 is 6.88. The van der Waals surface area contributed by atoms with Crippen LogP contribution in [0.5, 0.6) is 0 Å². The molecule has 1 aromatic heterocycles. The number of thiophene rings is 1. The highest BCUT2D eigenvalue weighted by Gasteiger charge is 2.16. The monoisotopic (exact) mass is 219 g/mol. The molecule has 0 saturated heterocycles. The van der Waals surface area contributed by atoms with Crippen molar-refractivity contribution in [3.63, 3.8) is 0 Å². The molecule has 72 valence electrons. The SMILES string of the molecule is CC(C)OC(=O)c1scc(Cl)c1N. The molecule has 1 aromatic rings. The number of ether oxygens (including phenoxy) is 1. The Labute approximate surface area is 85.4 Å². The Balaban J connectivity index is 2.83. The van der Waals surface area contributed by atoms with Crippen LogP contribution in [-0.4, -0.2) is 12.1 Å². The molecule has 0 bridgehead atoms. The maximum absolute atomic E-state index is 11.3. The molecule has 0 spiro atoms. The van der Waals surface area contributed by atoms with Gasteiger partial charge in [0.2, 0.25) is 0 Å². The molecule has 2 N–H and O–H groups in total. The number of rotatable bonds is 2. The van der Waals surface area contributed by atoms with E-state index in [2.05, 4.69) is 0 Å². The van der Waals surface area contributed by atoms with E-state index < -0.39 is 5.97 Å². The summed E-state index contributed by atoms with van der Waals surface area (Å²) in [6.45, 7) is 3.56. The Kier molecular flexibility index (Phi) is 3.17. The fourth-order valence-corrected chi connectivity index (χ4v) is 1.79. The lowest BCUT2D eigenvalue weighted by Crippen LogP contribution is -2.11. The second-order valence-corrected chi connectivity index (χ2v) is 4.07. The molecule has 0 unspecified atom stereocenters. The first-order valence-corrected chi connectivity index (χ1v) is 5.01. The van der Waals surface area contributed by atoms with Crippen LogP contribution in [0, 0.1) is 0 Å². The normalized spacial score (nSPS) is 10.5. The largest absolute Gasteiger partial charge is 0.459 e. The highest BCUT2D eigenvalue weighted by atomic mass is 35.5. The summed E-state index contributed by atoms with van der Waals surface area (Å²) in [6, 6.07) is 0. The van der Waals surface area contributed by atoms with Gasteiger partial charge in [0.05, 0.1) is 16.8 Å². The van der Waals surface area contributed by atoms with E-state index in [9.17, 15) is 4.79 Å². The van der Waals surface area contributed by atoms with Crippen molar-refractivity contribution in [3.8, 4) is 0 Å². The van der Waals surface area contributed by atoms with E-state index in [0.717, 1.165) is 0 Å². The number of anilines is 1. The van der Waals surface area contributed by atoms with E-state index in [1.165, 1.54) is 11.3 Å². The summed E-state index contributed by atoms with van der Waals surface area (Å²) in [5.74, 6) is -0.413. The Hall–Kier alpha value is -0.740. The van der Waals surface area contributed by atoms with E-state index >= 15 is 0 Å². The fraction of sp³-hybridized carbons (Fsp3) is 0.375. The molecule has 0 saturated carbocycles. The Morgan fingerprint density at radius 2 is 2.31 bits per heavy atom. The Morgan fingerprint density at radius 1 is 1.69 bits per heavy atom. The number of nitrogens with two attached hydrogens (primary N) is 1. The van der Waals surface area contributed by atoms with Gasteiger partial charge in [-0.15, -0.1) is 11.3 Å². The third-order valence-corrected chi connectivity index (χ3v) is 2.73. The summed E-state index contributed by atoms with van der Waals surface area (Å²) < 4.78 is 4.96. The standard InChI is InChI=1S/C8H10ClNO2S/c1-4(2)12-8(11)7-6(10)5(9)3-13-7/h3-4H,10H2,1-2H3. The van der Waals surface area contributed by atoms with Crippen LogP contribution in [0.3, 0.4) is 0 Å². The molecule has 0 aliphatic rings. The van der Waals surface area contributed by atoms with E-state index in [1.54, 1.807) is 19.2 Å². The zero-order valence-electron chi connectivity index (χ0n) is 7.33. The number of carbonyl (C=O) groups excluding carboxylic acids is 1. The van der Waals surface area contributed by atoms with Gasteiger partial charge in [-0.3, -0.25) is 0 Å². The summed E-state index contributed by atoms with van der Waals surface area (Å²) in [5.41, 5.74) is 5.86. The van der Waals surface area contributed by atoms with Crippen molar-refractivity contribution in [2.24, 2.45) is 0 Å². The summed E-state index contributed by atoms with van der Waals surface area (Å²) in [7, 11) is 0. The van der Waals surface area contributed by atoms with Crippen molar-refractivity contribution in [2.45, 2.75) is 20.0 Å². The van der Waals surface area contributed by atoms with Gasteiger partial charge < -0.3 is 10.5 Å². The topological polar surface area (TPSA) is 52.3 Å². The number of carbonyl (C=O) groups is 1. The van der Waals surface area contributed by atoms with Gasteiger partial charge >= 0.3 is 5.97 Å². The molecule has 0 aromatic carbocycles. The zero-order valence-corrected chi connectivity index (χ0v) is 8.91. The Morgan fingerprint density at radius 3 is 2.69 bits per heavy atom. The molecule has 0 fully saturated rings. The summed E-state index contributed by atoms with van der Waals surface area (Å²) in [4.78, 5) is 11.7. The van der Waals surface area contributed by atoms with Gasteiger partial charge in [-0.1, -0.05) is 11.6 Å². The van der Waals surface area contributed by atoms with Crippen molar-refractivity contribution in [3.05, 3.63) is 15.3 Å². The molecule has 13 heavy (non-hydrogen) atoms. The minimum atomic E-state index is -0.413. The highest BCUT2D eigenvalue weighted by Crippen LogP contribution is 2.30. The van der Waals surface area contributed by atoms with Crippen LogP contribution in [0.4, 0.5) is 5.69 Å².